The van der Waals surface area contributed by atoms with Gasteiger partial charge in [-0.15, -0.1) is 24.0 Å². The summed E-state index contributed by atoms with van der Waals surface area (Å²) in [5, 5.41) is 6.66. The van der Waals surface area contributed by atoms with E-state index in [2.05, 4.69) is 28.6 Å². The van der Waals surface area contributed by atoms with Crippen molar-refractivity contribution in [1.82, 2.24) is 10.6 Å². The van der Waals surface area contributed by atoms with Crippen molar-refractivity contribution in [2.75, 3.05) is 46.6 Å². The second-order valence-electron chi connectivity index (χ2n) is 6.31. The van der Waals surface area contributed by atoms with Crippen LogP contribution in [0.4, 0.5) is 0 Å². The van der Waals surface area contributed by atoms with Crippen molar-refractivity contribution in [3.05, 3.63) is 29.8 Å². The number of methoxy groups -OCH3 is 1. The standard InChI is InChI=1S/C20H33N3O3.HI/c1-3-21-20(22-12-7-14-25-16-18-9-6-15-26-18)23-13-11-17-8-4-5-10-19(17)24-2;/h4-5,8,10,18H,3,6-7,9,11-16H2,1-2H3,(H2,21,22,23);1H. The minimum absolute atomic E-state index is 0. The van der Waals surface area contributed by atoms with Gasteiger partial charge in [0, 0.05) is 32.8 Å². The molecule has 1 fully saturated rings. The normalized spacial score (nSPS) is 16.7. The lowest BCUT2D eigenvalue weighted by molar-refractivity contribution is 0.0171. The van der Waals surface area contributed by atoms with Gasteiger partial charge in [-0.2, -0.15) is 0 Å². The first-order valence-electron chi connectivity index (χ1n) is 9.67. The van der Waals surface area contributed by atoms with Crippen molar-refractivity contribution in [2.24, 2.45) is 4.99 Å². The van der Waals surface area contributed by atoms with Crippen molar-refractivity contribution in [3.63, 3.8) is 0 Å². The molecular weight excluding hydrogens is 457 g/mol. The SMILES string of the molecule is CCNC(=NCCCOCC1CCCO1)NCCc1ccccc1OC.I. The van der Waals surface area contributed by atoms with E-state index < -0.39 is 0 Å². The molecule has 1 aromatic rings. The van der Waals surface area contributed by atoms with Crippen LogP contribution in [0, 0.1) is 0 Å². The number of nitrogens with one attached hydrogen (secondary N) is 2. The van der Waals surface area contributed by atoms with Crippen LogP contribution in [0.5, 0.6) is 5.75 Å². The van der Waals surface area contributed by atoms with Gasteiger partial charge in [0.15, 0.2) is 5.96 Å². The van der Waals surface area contributed by atoms with E-state index in [1.54, 1.807) is 7.11 Å². The first-order valence-corrected chi connectivity index (χ1v) is 9.67. The fraction of sp³-hybridized carbons (Fsp3) is 0.650. The van der Waals surface area contributed by atoms with Crippen LogP contribution in [0.2, 0.25) is 0 Å². The summed E-state index contributed by atoms with van der Waals surface area (Å²) in [6.45, 7) is 6.78. The maximum Gasteiger partial charge on any atom is 0.191 e. The largest absolute Gasteiger partial charge is 0.496 e. The highest BCUT2D eigenvalue weighted by molar-refractivity contribution is 14.0. The fourth-order valence-corrected chi connectivity index (χ4v) is 2.91. The molecule has 0 radical (unpaired) electrons. The first kappa shape index (κ1) is 24.0. The van der Waals surface area contributed by atoms with Gasteiger partial charge < -0.3 is 24.8 Å². The van der Waals surface area contributed by atoms with Crippen LogP contribution < -0.4 is 15.4 Å². The second-order valence-corrected chi connectivity index (χ2v) is 6.31. The fourth-order valence-electron chi connectivity index (χ4n) is 2.91. The monoisotopic (exact) mass is 491 g/mol. The first-order chi connectivity index (χ1) is 12.8. The van der Waals surface area contributed by atoms with E-state index in [1.807, 2.05) is 18.2 Å². The summed E-state index contributed by atoms with van der Waals surface area (Å²) in [6.07, 6.45) is 4.38. The van der Waals surface area contributed by atoms with Crippen molar-refractivity contribution in [2.45, 2.75) is 38.7 Å². The number of hydrogen-bond donors (Lipinski definition) is 2. The summed E-state index contributed by atoms with van der Waals surface area (Å²) < 4.78 is 16.6. The molecule has 7 heteroatoms. The Balaban J connectivity index is 0.00000364. The number of benzene rings is 1. The van der Waals surface area contributed by atoms with E-state index in [9.17, 15) is 0 Å². The molecule has 1 atom stereocenters. The predicted octanol–water partition coefficient (Wildman–Crippen LogP) is 3.00. The Morgan fingerprint density at radius 3 is 2.89 bits per heavy atom. The molecule has 0 saturated carbocycles. The molecule has 0 amide bonds. The number of halogens is 1. The van der Waals surface area contributed by atoms with E-state index in [0.29, 0.717) is 12.7 Å². The Bertz CT molecular complexity index is 537. The third kappa shape index (κ3) is 9.62. The number of guanidine groups is 1. The van der Waals surface area contributed by atoms with Gasteiger partial charge in [-0.25, -0.2) is 0 Å². The quantitative estimate of drug-likeness (QED) is 0.216. The summed E-state index contributed by atoms with van der Waals surface area (Å²) in [5.41, 5.74) is 1.20. The number of nitrogens with zero attached hydrogens (tertiary/aromatic N) is 1. The van der Waals surface area contributed by atoms with Crippen LogP contribution in [0.15, 0.2) is 29.3 Å². The molecule has 154 valence electrons. The average Bonchev–Trinajstić information content (AvgIpc) is 3.18. The number of para-hydroxylation sites is 1. The Morgan fingerprint density at radius 2 is 2.15 bits per heavy atom. The zero-order chi connectivity index (χ0) is 18.5. The number of aliphatic imine (C=N–C) groups is 1. The van der Waals surface area contributed by atoms with E-state index >= 15 is 0 Å². The third-order valence-corrected chi connectivity index (χ3v) is 4.27. The summed E-state index contributed by atoms with van der Waals surface area (Å²) in [4.78, 5) is 4.61. The van der Waals surface area contributed by atoms with Gasteiger partial charge in [-0.3, -0.25) is 4.99 Å². The van der Waals surface area contributed by atoms with E-state index in [4.69, 9.17) is 14.2 Å². The molecule has 1 aliphatic heterocycles. The number of ether oxygens (including phenoxy) is 3. The Kier molecular flexibility index (Phi) is 13.3. The van der Waals surface area contributed by atoms with Gasteiger partial charge >= 0.3 is 0 Å². The van der Waals surface area contributed by atoms with Crippen LogP contribution in [-0.2, 0) is 15.9 Å². The molecule has 2 rings (SSSR count). The Labute approximate surface area is 180 Å². The summed E-state index contributed by atoms with van der Waals surface area (Å²) in [6, 6.07) is 8.11. The highest BCUT2D eigenvalue weighted by Gasteiger charge is 2.14. The van der Waals surface area contributed by atoms with E-state index in [1.165, 1.54) is 5.56 Å². The molecule has 1 unspecified atom stereocenters. The van der Waals surface area contributed by atoms with Gasteiger partial charge in [0.1, 0.15) is 5.75 Å². The number of rotatable bonds is 11. The molecule has 27 heavy (non-hydrogen) atoms. The van der Waals surface area contributed by atoms with Gasteiger partial charge in [0.2, 0.25) is 0 Å². The van der Waals surface area contributed by atoms with Crippen molar-refractivity contribution in [3.8, 4) is 5.75 Å². The molecular formula is C20H34IN3O3. The minimum Gasteiger partial charge on any atom is -0.496 e. The topological polar surface area (TPSA) is 64.1 Å². The molecule has 0 bridgehead atoms. The summed E-state index contributed by atoms with van der Waals surface area (Å²) >= 11 is 0. The second kappa shape index (κ2) is 14.9. The maximum absolute atomic E-state index is 5.67. The van der Waals surface area contributed by atoms with Crippen LogP contribution >= 0.6 is 24.0 Å². The van der Waals surface area contributed by atoms with E-state index in [-0.39, 0.29) is 24.0 Å². The van der Waals surface area contributed by atoms with E-state index in [0.717, 1.165) is 70.2 Å². The van der Waals surface area contributed by atoms with Crippen molar-refractivity contribution >= 4 is 29.9 Å². The lowest BCUT2D eigenvalue weighted by atomic mass is 10.1. The minimum atomic E-state index is 0. The summed E-state index contributed by atoms with van der Waals surface area (Å²) in [7, 11) is 1.71. The average molecular weight is 491 g/mol. The third-order valence-electron chi connectivity index (χ3n) is 4.27. The molecule has 1 aromatic carbocycles. The van der Waals surface area contributed by atoms with Crippen LogP contribution in [0.1, 0.15) is 31.7 Å². The Hall–Kier alpha value is -1.06. The molecule has 0 aliphatic carbocycles. The molecule has 6 nitrogen and oxygen atoms in total. The molecule has 1 saturated heterocycles. The van der Waals surface area contributed by atoms with Crippen LogP contribution in [-0.4, -0.2) is 58.6 Å². The van der Waals surface area contributed by atoms with Gasteiger partial charge in [-0.1, -0.05) is 18.2 Å². The highest BCUT2D eigenvalue weighted by Crippen LogP contribution is 2.17. The lowest BCUT2D eigenvalue weighted by Crippen LogP contribution is -2.38. The Morgan fingerprint density at radius 1 is 1.30 bits per heavy atom. The molecule has 1 aliphatic rings. The van der Waals surface area contributed by atoms with Crippen molar-refractivity contribution < 1.29 is 14.2 Å². The van der Waals surface area contributed by atoms with Crippen LogP contribution in [0.25, 0.3) is 0 Å². The van der Waals surface area contributed by atoms with Gasteiger partial charge in [0.05, 0.1) is 19.8 Å². The predicted molar refractivity (Wildman–Crippen MR) is 121 cm³/mol. The van der Waals surface area contributed by atoms with Crippen molar-refractivity contribution in [1.29, 1.82) is 0 Å². The molecule has 2 N–H and O–H groups in total. The maximum atomic E-state index is 5.67. The van der Waals surface area contributed by atoms with Crippen LogP contribution in [0.3, 0.4) is 0 Å². The zero-order valence-electron chi connectivity index (χ0n) is 16.5. The lowest BCUT2D eigenvalue weighted by Gasteiger charge is -2.13. The molecule has 0 spiro atoms. The number of hydrogen-bond acceptors (Lipinski definition) is 4. The summed E-state index contributed by atoms with van der Waals surface area (Å²) in [5.74, 6) is 1.78. The molecule has 0 aromatic heterocycles. The smallest absolute Gasteiger partial charge is 0.191 e. The zero-order valence-corrected chi connectivity index (χ0v) is 18.9. The van der Waals surface area contributed by atoms with Gasteiger partial charge in [-0.05, 0) is 44.2 Å². The highest BCUT2D eigenvalue weighted by atomic mass is 127. The molecule has 1 heterocycles. The van der Waals surface area contributed by atoms with Gasteiger partial charge in [0.25, 0.3) is 0 Å².